The zero-order valence-electron chi connectivity index (χ0n) is 32.7. The Bertz CT molecular complexity index is 1940. The Morgan fingerprint density at radius 1 is 0.737 bits per heavy atom. The molecule has 0 saturated carbocycles. The molecule has 1 aromatic heterocycles. The maximum absolute atomic E-state index is 15.1. The SMILES string of the molecule is CCNC(=O)NOCC(=O)N[C@@H](CC(=O)NC(c1ccccc1)(c1ccccc1)c1ccccc1)C(=O)N(Cc1csc2ccccc12)[C@@H](C)C(OCC)OCC. The van der Waals surface area contributed by atoms with Gasteiger partial charge < -0.3 is 30.3 Å². The predicted octanol–water partition coefficient (Wildman–Crippen LogP) is 6.25. The molecule has 0 saturated heterocycles. The minimum absolute atomic E-state index is 0.145. The van der Waals surface area contributed by atoms with Gasteiger partial charge in [0.25, 0.3) is 0 Å². The number of amides is 5. The molecule has 5 amide bonds. The van der Waals surface area contributed by atoms with Crippen LogP contribution in [0.2, 0.25) is 0 Å². The number of thiophene rings is 1. The average molecular weight is 794 g/mol. The van der Waals surface area contributed by atoms with Crippen molar-refractivity contribution < 1.29 is 33.5 Å². The fourth-order valence-corrected chi connectivity index (χ4v) is 7.74. The Kier molecular flexibility index (Phi) is 15.7. The fraction of sp³-hybridized carbons (Fsp3) is 0.318. The van der Waals surface area contributed by atoms with Gasteiger partial charge in [-0.15, -0.1) is 11.3 Å². The number of hydrogen-bond donors (Lipinski definition) is 4. The summed E-state index contributed by atoms with van der Waals surface area (Å²) < 4.78 is 13.0. The second-order valence-corrected chi connectivity index (χ2v) is 14.1. The highest BCUT2D eigenvalue weighted by molar-refractivity contribution is 7.17. The number of benzene rings is 4. The van der Waals surface area contributed by atoms with Gasteiger partial charge in [0.1, 0.15) is 11.6 Å². The first-order chi connectivity index (χ1) is 27.7. The van der Waals surface area contributed by atoms with Gasteiger partial charge in [-0.3, -0.25) is 19.2 Å². The van der Waals surface area contributed by atoms with Crippen molar-refractivity contribution in [3.63, 3.8) is 0 Å². The number of ether oxygens (including phenoxy) is 2. The van der Waals surface area contributed by atoms with Crippen molar-refractivity contribution in [3.05, 3.63) is 143 Å². The van der Waals surface area contributed by atoms with E-state index in [1.165, 1.54) is 0 Å². The van der Waals surface area contributed by atoms with Crippen molar-refractivity contribution in [2.45, 2.75) is 64.6 Å². The number of fused-ring (bicyclic) bond motifs is 1. The maximum atomic E-state index is 15.1. The lowest BCUT2D eigenvalue weighted by Gasteiger charge is -2.38. The van der Waals surface area contributed by atoms with Gasteiger partial charge in [-0.2, -0.15) is 0 Å². The van der Waals surface area contributed by atoms with Gasteiger partial charge in [-0.05, 0) is 66.8 Å². The van der Waals surface area contributed by atoms with Crippen LogP contribution in [-0.2, 0) is 40.8 Å². The van der Waals surface area contributed by atoms with Crippen molar-refractivity contribution in [1.82, 2.24) is 26.3 Å². The van der Waals surface area contributed by atoms with Crippen LogP contribution < -0.4 is 21.4 Å². The van der Waals surface area contributed by atoms with E-state index in [2.05, 4.69) is 21.4 Å². The molecule has 5 aromatic rings. The molecular weight excluding hydrogens is 743 g/mol. The molecule has 0 radical (unpaired) electrons. The third-order valence-electron chi connectivity index (χ3n) is 9.41. The zero-order valence-corrected chi connectivity index (χ0v) is 33.6. The molecule has 4 N–H and O–H groups in total. The van der Waals surface area contributed by atoms with Crippen molar-refractivity contribution in [2.24, 2.45) is 0 Å². The van der Waals surface area contributed by atoms with Crippen LogP contribution in [0.4, 0.5) is 4.79 Å². The first-order valence-corrected chi connectivity index (χ1v) is 20.0. The van der Waals surface area contributed by atoms with Crippen molar-refractivity contribution in [1.29, 1.82) is 0 Å². The van der Waals surface area contributed by atoms with E-state index >= 15 is 4.79 Å². The molecule has 300 valence electrons. The van der Waals surface area contributed by atoms with Gasteiger partial charge in [-0.25, -0.2) is 10.3 Å². The average Bonchev–Trinajstić information content (AvgIpc) is 3.65. The number of hydrogen-bond acceptors (Lipinski definition) is 8. The van der Waals surface area contributed by atoms with Crippen molar-refractivity contribution in [2.75, 3.05) is 26.4 Å². The monoisotopic (exact) mass is 793 g/mol. The second-order valence-electron chi connectivity index (χ2n) is 13.2. The van der Waals surface area contributed by atoms with E-state index in [0.29, 0.717) is 19.8 Å². The minimum atomic E-state index is -1.37. The Morgan fingerprint density at radius 2 is 1.28 bits per heavy atom. The van der Waals surface area contributed by atoms with E-state index in [1.807, 2.05) is 141 Å². The van der Waals surface area contributed by atoms with Gasteiger partial charge >= 0.3 is 6.03 Å². The minimum Gasteiger partial charge on any atom is -0.351 e. The molecule has 0 aliphatic heterocycles. The van der Waals surface area contributed by atoms with E-state index in [0.717, 1.165) is 32.3 Å². The topological polar surface area (TPSA) is 147 Å². The van der Waals surface area contributed by atoms with Gasteiger partial charge in [0.15, 0.2) is 12.9 Å². The number of carbonyl (C=O) groups is 4. The van der Waals surface area contributed by atoms with Gasteiger partial charge in [-0.1, -0.05) is 109 Å². The molecule has 0 fully saturated rings. The molecule has 1 heterocycles. The van der Waals surface area contributed by atoms with Crippen molar-refractivity contribution >= 4 is 45.2 Å². The molecule has 57 heavy (non-hydrogen) atoms. The van der Waals surface area contributed by atoms with Crippen LogP contribution in [0.25, 0.3) is 10.1 Å². The molecule has 4 aromatic carbocycles. The largest absolute Gasteiger partial charge is 0.351 e. The standard InChI is InChI=1S/C44H51N5O7S/c1-5-45-43(53)48-56-29-40(51)46-37(41(52)49(31(4)42(54-6-2)55-7-3)28-32-30-57-38-26-18-17-25-36(32)38)27-39(50)47-44(33-19-11-8-12-20-33,34-21-13-9-14-22-34)35-23-15-10-16-24-35/h8-26,30-31,37,42H,5-7,27-29H2,1-4H3,(H,46,51)(H,47,50)(H2,45,48,53)/t31-,37-/m0/s1. The number of urea groups is 1. The summed E-state index contributed by atoms with van der Waals surface area (Å²) in [4.78, 5) is 62.0. The number of nitrogens with one attached hydrogen (secondary N) is 4. The van der Waals surface area contributed by atoms with E-state index in [-0.39, 0.29) is 6.54 Å². The summed E-state index contributed by atoms with van der Waals surface area (Å²) in [6.07, 6.45) is -1.24. The van der Waals surface area contributed by atoms with Gasteiger partial charge in [0.05, 0.1) is 12.5 Å². The molecule has 0 aliphatic rings. The van der Waals surface area contributed by atoms with E-state index in [4.69, 9.17) is 14.3 Å². The summed E-state index contributed by atoms with van der Waals surface area (Å²) in [5.41, 5.74) is 4.26. The van der Waals surface area contributed by atoms with Crippen LogP contribution in [0.3, 0.4) is 0 Å². The number of carbonyl (C=O) groups excluding carboxylic acids is 4. The number of rotatable bonds is 20. The van der Waals surface area contributed by atoms with Gasteiger partial charge in [0.2, 0.25) is 17.7 Å². The molecular formula is C44H51N5O7S. The molecule has 13 heteroatoms. The molecule has 5 rings (SSSR count). The molecule has 2 atom stereocenters. The zero-order chi connectivity index (χ0) is 40.6. The van der Waals surface area contributed by atoms with Crippen molar-refractivity contribution in [3.8, 4) is 0 Å². The molecule has 0 spiro atoms. The van der Waals surface area contributed by atoms with E-state index in [9.17, 15) is 14.4 Å². The third kappa shape index (κ3) is 10.8. The van der Waals surface area contributed by atoms with E-state index < -0.39 is 60.7 Å². The lowest BCUT2D eigenvalue weighted by molar-refractivity contribution is -0.180. The van der Waals surface area contributed by atoms with Crippen LogP contribution in [0.15, 0.2) is 121 Å². The fourth-order valence-electron chi connectivity index (χ4n) is 6.79. The molecule has 0 aliphatic carbocycles. The smallest absolute Gasteiger partial charge is 0.338 e. The summed E-state index contributed by atoms with van der Waals surface area (Å²) in [5, 5.41) is 11.6. The highest BCUT2D eigenvalue weighted by Crippen LogP contribution is 2.37. The highest BCUT2D eigenvalue weighted by atomic mass is 32.1. The maximum Gasteiger partial charge on any atom is 0.338 e. The Balaban J connectivity index is 1.55. The molecule has 12 nitrogen and oxygen atoms in total. The number of nitrogens with zero attached hydrogens (tertiary/aromatic N) is 1. The van der Waals surface area contributed by atoms with E-state index in [1.54, 1.807) is 23.2 Å². The quantitative estimate of drug-likeness (QED) is 0.0414. The molecule has 0 unspecified atom stereocenters. The second kappa shape index (κ2) is 21.1. The Labute approximate surface area is 337 Å². The van der Waals surface area contributed by atoms with Crippen LogP contribution in [0.1, 0.15) is 56.4 Å². The normalized spacial score (nSPS) is 12.4. The summed E-state index contributed by atoms with van der Waals surface area (Å²) in [7, 11) is 0. The summed E-state index contributed by atoms with van der Waals surface area (Å²) >= 11 is 1.56. The summed E-state index contributed by atoms with van der Waals surface area (Å²) in [5.74, 6) is -1.77. The van der Waals surface area contributed by atoms with Crippen LogP contribution >= 0.6 is 11.3 Å². The predicted molar refractivity (Wildman–Crippen MR) is 221 cm³/mol. The van der Waals surface area contributed by atoms with Crippen LogP contribution in [-0.4, -0.2) is 73.4 Å². The van der Waals surface area contributed by atoms with Crippen LogP contribution in [0, 0.1) is 0 Å². The lowest BCUT2D eigenvalue weighted by Crippen LogP contribution is -2.57. The third-order valence-corrected chi connectivity index (χ3v) is 10.4. The first-order valence-electron chi connectivity index (χ1n) is 19.1. The number of hydroxylamine groups is 1. The van der Waals surface area contributed by atoms with Crippen LogP contribution in [0.5, 0.6) is 0 Å². The first kappa shape index (κ1) is 42.5. The molecule has 0 bridgehead atoms. The van der Waals surface area contributed by atoms with Gasteiger partial charge in [0, 0.05) is 31.0 Å². The lowest BCUT2D eigenvalue weighted by atomic mass is 9.77. The highest BCUT2D eigenvalue weighted by Gasteiger charge is 2.40. The summed E-state index contributed by atoms with van der Waals surface area (Å²) in [6, 6.07) is 34.1. The Morgan fingerprint density at radius 3 is 1.82 bits per heavy atom. The summed E-state index contributed by atoms with van der Waals surface area (Å²) in [6.45, 7) is 7.79. The Hall–Kier alpha value is -5.60.